The summed E-state index contributed by atoms with van der Waals surface area (Å²) in [4.78, 5) is 52.2. The minimum atomic E-state index is -0.667. The molecular weight excluding hydrogens is 618 g/mol. The lowest BCUT2D eigenvalue weighted by Gasteiger charge is -2.25. The Morgan fingerprint density at radius 1 is 0.787 bits per heavy atom. The molecule has 10 nitrogen and oxygen atoms in total. The fraction of sp³-hybridized carbons (Fsp3) is 0.389. The molecule has 11 heteroatoms. The van der Waals surface area contributed by atoms with Gasteiger partial charge in [0.05, 0.1) is 19.2 Å². The lowest BCUT2D eigenvalue weighted by molar-refractivity contribution is -0.130. The number of rotatable bonds is 16. The fourth-order valence-electron chi connectivity index (χ4n) is 4.96. The lowest BCUT2D eigenvalue weighted by Crippen LogP contribution is -2.55. The summed E-state index contributed by atoms with van der Waals surface area (Å²) in [5.41, 5.74) is 2.36. The molecule has 0 saturated carbocycles. The molecule has 0 bridgehead atoms. The van der Waals surface area contributed by atoms with Gasteiger partial charge in [-0.3, -0.25) is 19.2 Å². The van der Waals surface area contributed by atoms with Crippen molar-refractivity contribution in [1.29, 1.82) is 0 Å². The van der Waals surface area contributed by atoms with Crippen LogP contribution in [-0.2, 0) is 16.0 Å². The maximum atomic E-state index is 13.5. The van der Waals surface area contributed by atoms with E-state index in [1.807, 2.05) is 82.3 Å². The molecule has 0 spiro atoms. The van der Waals surface area contributed by atoms with Crippen LogP contribution >= 0.6 is 11.6 Å². The fourth-order valence-corrected chi connectivity index (χ4v) is 5.19. The molecule has 0 unspecified atom stereocenters. The number of methoxy groups -OCH3 is 1. The van der Waals surface area contributed by atoms with Gasteiger partial charge in [-0.15, -0.1) is 0 Å². The highest BCUT2D eigenvalue weighted by Crippen LogP contribution is 2.20. The van der Waals surface area contributed by atoms with Crippen molar-refractivity contribution in [3.05, 3.63) is 100 Å². The van der Waals surface area contributed by atoms with E-state index in [4.69, 9.17) is 16.3 Å². The quantitative estimate of drug-likeness (QED) is 0.154. The summed E-state index contributed by atoms with van der Waals surface area (Å²) < 4.78 is 5.21. The molecule has 0 aliphatic heterocycles. The van der Waals surface area contributed by atoms with Crippen LogP contribution < -0.4 is 31.3 Å². The molecule has 0 aliphatic rings. The molecule has 0 saturated heterocycles. The highest BCUT2D eigenvalue weighted by atomic mass is 35.5. The van der Waals surface area contributed by atoms with Gasteiger partial charge in [-0.2, -0.15) is 0 Å². The van der Waals surface area contributed by atoms with Crippen molar-refractivity contribution < 1.29 is 23.9 Å². The first-order valence-electron chi connectivity index (χ1n) is 15.8. The SMILES string of the molecule is CCNC(=O)[C@@H](NC(=O)[C@H](C)NC[C@H](Cc1ccccc1)NC(=O)c1cc(Cl)cc(C(=O)N[C@H](C)c2ccc(OC)cc2)c1)C(C)C. The van der Waals surface area contributed by atoms with Crippen LogP contribution in [0.2, 0.25) is 5.02 Å². The van der Waals surface area contributed by atoms with Crippen molar-refractivity contribution in [1.82, 2.24) is 26.6 Å². The monoisotopic (exact) mass is 663 g/mol. The second kappa shape index (κ2) is 18.1. The molecule has 3 aromatic rings. The number of halogens is 1. The number of ether oxygens (including phenoxy) is 1. The van der Waals surface area contributed by atoms with Crippen LogP contribution in [0.3, 0.4) is 0 Å². The Hall–Kier alpha value is -4.41. The van der Waals surface area contributed by atoms with Crippen molar-refractivity contribution in [2.45, 2.75) is 65.2 Å². The van der Waals surface area contributed by atoms with Gasteiger partial charge in [0.25, 0.3) is 11.8 Å². The van der Waals surface area contributed by atoms with Crippen LogP contribution in [0.4, 0.5) is 0 Å². The van der Waals surface area contributed by atoms with Crippen LogP contribution in [0, 0.1) is 5.92 Å². The van der Waals surface area contributed by atoms with E-state index in [1.165, 1.54) is 18.2 Å². The molecule has 0 radical (unpaired) electrons. The standard InChI is InChI=1S/C36H46ClN5O5/c1-7-38-36(46)32(22(2)3)42-33(43)24(5)39-21-30(17-25-11-9-8-10-12-25)41-35(45)28-18-27(19-29(37)20-28)34(44)40-23(4)26-13-15-31(47-6)16-14-26/h8-16,18-20,22-24,30,32,39H,7,17,21H2,1-6H3,(H,38,46)(H,40,44)(H,41,45)(H,42,43)/t23-,24+,30+,32+/m1/s1. The minimum absolute atomic E-state index is 0.0989. The molecule has 4 atom stereocenters. The summed E-state index contributed by atoms with van der Waals surface area (Å²) in [5.74, 6) is -0.734. The van der Waals surface area contributed by atoms with Crippen molar-refractivity contribution in [2.75, 3.05) is 20.2 Å². The third-order valence-corrected chi connectivity index (χ3v) is 7.93. The molecular formula is C36H46ClN5O5. The summed E-state index contributed by atoms with van der Waals surface area (Å²) in [6, 6.07) is 19.6. The highest BCUT2D eigenvalue weighted by Gasteiger charge is 2.26. The molecule has 252 valence electrons. The molecule has 3 rings (SSSR count). The molecule has 3 aromatic carbocycles. The molecule has 0 aliphatic carbocycles. The van der Waals surface area contributed by atoms with E-state index in [1.54, 1.807) is 14.0 Å². The van der Waals surface area contributed by atoms with Gasteiger partial charge in [0.2, 0.25) is 11.8 Å². The maximum Gasteiger partial charge on any atom is 0.251 e. The smallest absolute Gasteiger partial charge is 0.251 e. The highest BCUT2D eigenvalue weighted by molar-refractivity contribution is 6.31. The number of carbonyl (C=O) groups excluding carboxylic acids is 4. The van der Waals surface area contributed by atoms with Crippen LogP contribution in [0.25, 0.3) is 0 Å². The predicted molar refractivity (Wildman–Crippen MR) is 185 cm³/mol. The molecule has 0 fully saturated rings. The second-order valence-electron chi connectivity index (χ2n) is 11.8. The van der Waals surface area contributed by atoms with E-state index in [0.717, 1.165) is 11.1 Å². The summed E-state index contributed by atoms with van der Waals surface area (Å²) in [6.07, 6.45) is 0.481. The van der Waals surface area contributed by atoms with Gasteiger partial charge >= 0.3 is 0 Å². The average molecular weight is 664 g/mol. The Morgan fingerprint density at radius 3 is 1.98 bits per heavy atom. The van der Waals surface area contributed by atoms with Crippen LogP contribution in [0.1, 0.15) is 72.5 Å². The van der Waals surface area contributed by atoms with Crippen LogP contribution in [0.5, 0.6) is 5.75 Å². The maximum absolute atomic E-state index is 13.5. The van der Waals surface area contributed by atoms with Crippen LogP contribution in [0.15, 0.2) is 72.8 Å². The van der Waals surface area contributed by atoms with Crippen LogP contribution in [-0.4, -0.2) is 62.0 Å². The first kappa shape index (κ1) is 37.1. The summed E-state index contributed by atoms with van der Waals surface area (Å²) in [6.45, 7) is 9.87. The number of amides is 4. The van der Waals surface area contributed by atoms with Crippen molar-refractivity contribution in [2.24, 2.45) is 5.92 Å². The largest absolute Gasteiger partial charge is 0.497 e. The first-order valence-corrected chi connectivity index (χ1v) is 16.2. The zero-order valence-electron chi connectivity index (χ0n) is 27.9. The van der Waals surface area contributed by atoms with Gasteiger partial charge in [0, 0.05) is 35.3 Å². The molecule has 0 aromatic heterocycles. The van der Waals surface area contributed by atoms with E-state index in [0.29, 0.717) is 18.7 Å². The number of hydrogen-bond donors (Lipinski definition) is 5. The molecule has 4 amide bonds. The average Bonchev–Trinajstić information content (AvgIpc) is 3.05. The first-order chi connectivity index (χ1) is 22.4. The van der Waals surface area contributed by atoms with E-state index in [9.17, 15) is 19.2 Å². The molecule has 5 N–H and O–H groups in total. The van der Waals surface area contributed by atoms with Gasteiger partial charge in [-0.25, -0.2) is 0 Å². The Labute approximate surface area is 282 Å². The Bertz CT molecular complexity index is 1500. The van der Waals surface area contributed by atoms with Crippen molar-refractivity contribution in [3.63, 3.8) is 0 Å². The van der Waals surface area contributed by atoms with E-state index in [-0.39, 0.29) is 52.4 Å². The summed E-state index contributed by atoms with van der Waals surface area (Å²) in [7, 11) is 1.59. The number of carbonyl (C=O) groups is 4. The Balaban J connectivity index is 1.71. The van der Waals surface area contributed by atoms with Gasteiger partial charge in [-0.1, -0.05) is 67.9 Å². The van der Waals surface area contributed by atoms with Gasteiger partial charge in [-0.05, 0) is 74.6 Å². The molecule has 47 heavy (non-hydrogen) atoms. The van der Waals surface area contributed by atoms with Crippen molar-refractivity contribution >= 4 is 35.2 Å². The van der Waals surface area contributed by atoms with Gasteiger partial charge in [0.15, 0.2) is 0 Å². The van der Waals surface area contributed by atoms with Gasteiger partial charge in [0.1, 0.15) is 11.8 Å². The lowest BCUT2D eigenvalue weighted by atomic mass is 10.0. The topological polar surface area (TPSA) is 138 Å². The zero-order chi connectivity index (χ0) is 34.5. The molecule has 0 heterocycles. The minimum Gasteiger partial charge on any atom is -0.497 e. The third-order valence-electron chi connectivity index (χ3n) is 7.71. The van der Waals surface area contributed by atoms with E-state index in [2.05, 4.69) is 26.6 Å². The van der Waals surface area contributed by atoms with Gasteiger partial charge < -0.3 is 31.3 Å². The van der Waals surface area contributed by atoms with E-state index < -0.39 is 24.0 Å². The normalized spacial score (nSPS) is 13.5. The van der Waals surface area contributed by atoms with E-state index >= 15 is 0 Å². The summed E-state index contributed by atoms with van der Waals surface area (Å²) in [5, 5.41) is 15.0. The third kappa shape index (κ3) is 11.4. The summed E-state index contributed by atoms with van der Waals surface area (Å²) >= 11 is 6.38. The number of likely N-dealkylation sites (N-methyl/N-ethyl adjacent to an activating group) is 1. The second-order valence-corrected chi connectivity index (χ2v) is 12.2. The number of nitrogens with one attached hydrogen (secondary N) is 5. The number of hydrogen-bond acceptors (Lipinski definition) is 6. The Morgan fingerprint density at radius 2 is 1.40 bits per heavy atom. The number of benzene rings is 3. The zero-order valence-corrected chi connectivity index (χ0v) is 28.6. The predicted octanol–water partition coefficient (Wildman–Crippen LogP) is 4.44. The Kier molecular flexibility index (Phi) is 14.2. The van der Waals surface area contributed by atoms with Crippen molar-refractivity contribution in [3.8, 4) is 5.75 Å².